The molecule has 5 heteroatoms. The average molecular weight is 391 g/mol. The fourth-order valence-electron chi connectivity index (χ4n) is 3.25. The van der Waals surface area contributed by atoms with Crippen molar-refractivity contribution in [1.29, 1.82) is 0 Å². The lowest BCUT2D eigenvalue weighted by atomic mass is 9.95. The van der Waals surface area contributed by atoms with Gasteiger partial charge in [0.15, 0.2) is 17.4 Å². The summed E-state index contributed by atoms with van der Waals surface area (Å²) in [5.41, 5.74) is 0. The Balaban J connectivity index is 2.54. The van der Waals surface area contributed by atoms with Crippen molar-refractivity contribution >= 4 is 0 Å². The number of hydrogen-bond acceptors (Lipinski definition) is 1. The topological polar surface area (TPSA) is 9.23 Å². The van der Waals surface area contributed by atoms with Crippen LogP contribution in [0, 0.1) is 29.2 Å². The SMILES string of the molecule is CCCCCCCCC(CCCCCC)COc1cc(F)c(F)c(F)c1F. The standard InChI is InChI=1S/C22H34F4O/c1-3-5-7-9-10-12-14-17(13-11-8-6-4-2)16-27-19-15-18(23)20(24)22(26)21(19)25/h15,17H,3-14,16H2,1-2H3. The summed E-state index contributed by atoms with van der Waals surface area (Å²) < 4.78 is 58.8. The smallest absolute Gasteiger partial charge is 0.203 e. The minimum atomic E-state index is -1.82. The normalized spacial score (nSPS) is 12.4. The molecule has 27 heavy (non-hydrogen) atoms. The highest BCUT2D eigenvalue weighted by molar-refractivity contribution is 5.27. The van der Waals surface area contributed by atoms with E-state index in [2.05, 4.69) is 13.8 Å². The van der Waals surface area contributed by atoms with E-state index in [0.29, 0.717) is 6.07 Å². The van der Waals surface area contributed by atoms with Crippen LogP contribution in [0.15, 0.2) is 6.07 Å². The Morgan fingerprint density at radius 2 is 1.22 bits per heavy atom. The highest BCUT2D eigenvalue weighted by Crippen LogP contribution is 2.26. The van der Waals surface area contributed by atoms with Crippen molar-refractivity contribution in [1.82, 2.24) is 0 Å². The lowest BCUT2D eigenvalue weighted by Crippen LogP contribution is -2.14. The molecule has 0 heterocycles. The van der Waals surface area contributed by atoms with Crippen LogP contribution in [0.5, 0.6) is 5.75 Å². The van der Waals surface area contributed by atoms with Crippen LogP contribution in [-0.2, 0) is 0 Å². The van der Waals surface area contributed by atoms with E-state index in [0.717, 1.165) is 44.9 Å². The van der Waals surface area contributed by atoms with Crippen molar-refractivity contribution in [3.8, 4) is 5.75 Å². The fraction of sp³-hybridized carbons (Fsp3) is 0.727. The quantitative estimate of drug-likeness (QED) is 0.128. The number of rotatable bonds is 15. The lowest BCUT2D eigenvalue weighted by Gasteiger charge is -2.18. The molecule has 1 aromatic rings. The van der Waals surface area contributed by atoms with Crippen molar-refractivity contribution in [2.75, 3.05) is 6.61 Å². The molecule has 0 aliphatic rings. The number of unbranched alkanes of at least 4 members (excludes halogenated alkanes) is 8. The summed E-state index contributed by atoms with van der Waals surface area (Å²) in [6, 6.07) is 0.590. The largest absolute Gasteiger partial charge is 0.490 e. The summed E-state index contributed by atoms with van der Waals surface area (Å²) in [6.07, 6.45) is 13.6. The molecule has 0 bridgehead atoms. The Kier molecular flexibility index (Phi) is 12.2. The van der Waals surface area contributed by atoms with Crippen LogP contribution in [-0.4, -0.2) is 6.61 Å². The second-order valence-electron chi connectivity index (χ2n) is 7.38. The van der Waals surface area contributed by atoms with Crippen LogP contribution in [0.25, 0.3) is 0 Å². The molecule has 1 rings (SSSR count). The van der Waals surface area contributed by atoms with Gasteiger partial charge in [-0.05, 0) is 18.8 Å². The Hall–Kier alpha value is -1.26. The highest BCUT2D eigenvalue weighted by Gasteiger charge is 2.21. The van der Waals surface area contributed by atoms with E-state index >= 15 is 0 Å². The Labute approximate surface area is 161 Å². The maximum absolute atomic E-state index is 13.8. The molecule has 1 atom stereocenters. The first-order valence-electron chi connectivity index (χ1n) is 10.5. The van der Waals surface area contributed by atoms with Gasteiger partial charge in [-0.3, -0.25) is 0 Å². The van der Waals surface area contributed by atoms with Crippen molar-refractivity contribution in [3.05, 3.63) is 29.3 Å². The third kappa shape index (κ3) is 8.98. The molecule has 0 aliphatic carbocycles. The second-order valence-corrected chi connectivity index (χ2v) is 7.38. The first kappa shape index (κ1) is 23.8. The summed E-state index contributed by atoms with van der Waals surface area (Å²) in [4.78, 5) is 0. The average Bonchev–Trinajstić information content (AvgIpc) is 2.67. The van der Waals surface area contributed by atoms with E-state index in [9.17, 15) is 17.6 Å². The number of hydrogen-bond donors (Lipinski definition) is 0. The van der Waals surface area contributed by atoms with E-state index in [1.165, 1.54) is 32.1 Å². The summed E-state index contributed by atoms with van der Waals surface area (Å²) >= 11 is 0. The van der Waals surface area contributed by atoms with E-state index in [4.69, 9.17) is 4.74 Å². The second kappa shape index (κ2) is 13.8. The Bertz CT molecular complexity index is 534. The van der Waals surface area contributed by atoms with E-state index in [1.807, 2.05) is 0 Å². The molecule has 1 nitrogen and oxygen atoms in total. The summed E-state index contributed by atoms with van der Waals surface area (Å²) in [7, 11) is 0. The molecular weight excluding hydrogens is 356 g/mol. The van der Waals surface area contributed by atoms with Gasteiger partial charge in [-0.1, -0.05) is 78.1 Å². The summed E-state index contributed by atoms with van der Waals surface area (Å²) in [5, 5.41) is 0. The molecule has 0 aliphatic heterocycles. The van der Waals surface area contributed by atoms with Gasteiger partial charge in [0.05, 0.1) is 6.61 Å². The van der Waals surface area contributed by atoms with Crippen molar-refractivity contribution in [2.24, 2.45) is 5.92 Å². The van der Waals surface area contributed by atoms with E-state index in [-0.39, 0.29) is 12.5 Å². The Morgan fingerprint density at radius 1 is 0.704 bits per heavy atom. The summed E-state index contributed by atoms with van der Waals surface area (Å²) in [6.45, 7) is 4.53. The van der Waals surface area contributed by atoms with Gasteiger partial charge in [0.1, 0.15) is 0 Å². The lowest BCUT2D eigenvalue weighted by molar-refractivity contribution is 0.211. The molecular formula is C22H34F4O. The molecule has 0 saturated heterocycles. The van der Waals surface area contributed by atoms with Gasteiger partial charge in [0, 0.05) is 6.07 Å². The molecule has 0 amide bonds. The monoisotopic (exact) mass is 390 g/mol. The van der Waals surface area contributed by atoms with Crippen LogP contribution in [0.3, 0.4) is 0 Å². The molecule has 0 spiro atoms. The molecule has 0 fully saturated rings. The van der Waals surface area contributed by atoms with Crippen LogP contribution < -0.4 is 4.74 Å². The van der Waals surface area contributed by atoms with Gasteiger partial charge >= 0.3 is 0 Å². The summed E-state index contributed by atoms with van der Waals surface area (Å²) in [5.74, 6) is -6.85. The fourth-order valence-corrected chi connectivity index (χ4v) is 3.25. The van der Waals surface area contributed by atoms with Gasteiger partial charge in [0.25, 0.3) is 0 Å². The molecule has 0 saturated carbocycles. The minimum absolute atomic E-state index is 0.197. The third-order valence-electron chi connectivity index (χ3n) is 4.98. The van der Waals surface area contributed by atoms with Crippen LogP contribution in [0.1, 0.15) is 90.9 Å². The van der Waals surface area contributed by atoms with Gasteiger partial charge in [-0.25, -0.2) is 13.2 Å². The third-order valence-corrected chi connectivity index (χ3v) is 4.98. The van der Waals surface area contributed by atoms with Crippen molar-refractivity contribution < 1.29 is 22.3 Å². The highest BCUT2D eigenvalue weighted by atomic mass is 19.2. The van der Waals surface area contributed by atoms with Crippen LogP contribution in [0.2, 0.25) is 0 Å². The number of ether oxygens (including phenoxy) is 1. The van der Waals surface area contributed by atoms with Crippen molar-refractivity contribution in [3.63, 3.8) is 0 Å². The number of benzene rings is 1. The van der Waals surface area contributed by atoms with Crippen LogP contribution in [0.4, 0.5) is 17.6 Å². The molecule has 1 unspecified atom stereocenters. The first-order valence-corrected chi connectivity index (χ1v) is 10.5. The van der Waals surface area contributed by atoms with Gasteiger partial charge < -0.3 is 4.74 Å². The molecule has 0 N–H and O–H groups in total. The first-order chi connectivity index (χ1) is 13.0. The zero-order valence-electron chi connectivity index (χ0n) is 16.8. The van der Waals surface area contributed by atoms with E-state index in [1.54, 1.807) is 0 Å². The molecule has 0 aromatic heterocycles. The predicted molar refractivity (Wildman–Crippen MR) is 102 cm³/mol. The van der Waals surface area contributed by atoms with Gasteiger partial charge in [0.2, 0.25) is 11.6 Å². The zero-order valence-corrected chi connectivity index (χ0v) is 16.8. The maximum Gasteiger partial charge on any atom is 0.203 e. The van der Waals surface area contributed by atoms with Gasteiger partial charge in [-0.2, -0.15) is 4.39 Å². The number of halogens is 4. The maximum atomic E-state index is 13.8. The zero-order chi connectivity index (χ0) is 20.1. The minimum Gasteiger partial charge on any atom is -0.490 e. The van der Waals surface area contributed by atoms with E-state index < -0.39 is 29.0 Å². The van der Waals surface area contributed by atoms with Crippen LogP contribution >= 0.6 is 0 Å². The molecule has 0 radical (unpaired) electrons. The predicted octanol–water partition coefficient (Wildman–Crippen LogP) is 7.96. The molecule has 1 aromatic carbocycles. The van der Waals surface area contributed by atoms with Gasteiger partial charge in [-0.15, -0.1) is 0 Å². The van der Waals surface area contributed by atoms with Crippen molar-refractivity contribution in [2.45, 2.75) is 90.9 Å². The Morgan fingerprint density at radius 3 is 1.81 bits per heavy atom. The molecule has 156 valence electrons.